The summed E-state index contributed by atoms with van der Waals surface area (Å²) in [6.07, 6.45) is 4.76. The zero-order valence-electron chi connectivity index (χ0n) is 11.2. The molecule has 1 aliphatic carbocycles. The predicted octanol–water partition coefficient (Wildman–Crippen LogP) is 2.64. The normalized spacial score (nSPS) is 17.9. The van der Waals surface area contributed by atoms with Crippen LogP contribution in [0.2, 0.25) is 0 Å². The first-order chi connectivity index (χ1) is 8.48. The molecule has 1 heterocycles. The molecule has 2 rings (SSSR count). The molecule has 3 nitrogen and oxygen atoms in total. The number of nitrogens with one attached hydrogen (secondary N) is 1. The Bertz CT molecular complexity index is 414. The Morgan fingerprint density at radius 3 is 2.67 bits per heavy atom. The van der Waals surface area contributed by atoms with Crippen LogP contribution in [-0.4, -0.2) is 11.4 Å². The molecule has 0 radical (unpaired) electrons. The highest BCUT2D eigenvalue weighted by Gasteiger charge is 2.31. The van der Waals surface area contributed by atoms with E-state index in [0.29, 0.717) is 13.0 Å². The number of carbonyl (C=O) groups is 1. The fourth-order valence-corrected chi connectivity index (χ4v) is 3.55. The molecule has 0 aromatic carbocycles. The quantitative estimate of drug-likeness (QED) is 0.880. The third-order valence-electron chi connectivity index (χ3n) is 3.79. The Labute approximate surface area is 113 Å². The van der Waals surface area contributed by atoms with Crippen LogP contribution in [0.25, 0.3) is 0 Å². The van der Waals surface area contributed by atoms with Gasteiger partial charge in [0.1, 0.15) is 0 Å². The third-order valence-corrected chi connectivity index (χ3v) is 4.94. The first-order valence-corrected chi connectivity index (χ1v) is 7.42. The van der Waals surface area contributed by atoms with Gasteiger partial charge < -0.3 is 11.1 Å². The molecule has 3 N–H and O–H groups in total. The first kappa shape index (κ1) is 13.6. The fourth-order valence-electron chi connectivity index (χ4n) is 2.56. The van der Waals surface area contributed by atoms with Gasteiger partial charge in [-0.25, -0.2) is 0 Å². The van der Waals surface area contributed by atoms with Gasteiger partial charge in [-0.05, 0) is 38.3 Å². The van der Waals surface area contributed by atoms with Crippen molar-refractivity contribution in [1.82, 2.24) is 5.32 Å². The molecule has 0 aliphatic heterocycles. The first-order valence-electron chi connectivity index (χ1n) is 6.60. The van der Waals surface area contributed by atoms with Crippen LogP contribution in [0.5, 0.6) is 0 Å². The van der Waals surface area contributed by atoms with Gasteiger partial charge in [0.2, 0.25) is 5.91 Å². The Balaban J connectivity index is 1.81. The summed E-state index contributed by atoms with van der Waals surface area (Å²) in [5.74, 6) is 0.0862. The van der Waals surface area contributed by atoms with E-state index in [2.05, 4.69) is 25.2 Å². The van der Waals surface area contributed by atoms with Gasteiger partial charge in [0.25, 0.3) is 0 Å². The zero-order valence-corrected chi connectivity index (χ0v) is 12.0. The van der Waals surface area contributed by atoms with Crippen molar-refractivity contribution in [1.29, 1.82) is 0 Å². The third kappa shape index (κ3) is 3.33. The van der Waals surface area contributed by atoms with Gasteiger partial charge in [-0.15, -0.1) is 11.3 Å². The predicted molar refractivity (Wildman–Crippen MR) is 75.6 cm³/mol. The zero-order chi connectivity index (χ0) is 13.2. The summed E-state index contributed by atoms with van der Waals surface area (Å²) >= 11 is 1.75. The maximum Gasteiger partial charge on any atom is 0.222 e. The van der Waals surface area contributed by atoms with Gasteiger partial charge in [0, 0.05) is 21.7 Å². The molecule has 1 aromatic rings. The highest BCUT2D eigenvalue weighted by Crippen LogP contribution is 2.30. The van der Waals surface area contributed by atoms with Crippen molar-refractivity contribution in [2.45, 2.75) is 58.0 Å². The highest BCUT2D eigenvalue weighted by atomic mass is 32.1. The van der Waals surface area contributed by atoms with E-state index in [1.54, 1.807) is 11.3 Å². The number of nitrogens with two attached hydrogens (primary N) is 1. The second-order valence-corrected chi connectivity index (χ2v) is 6.82. The maximum absolute atomic E-state index is 11.9. The number of rotatable bonds is 4. The molecule has 0 spiro atoms. The maximum atomic E-state index is 11.9. The van der Waals surface area contributed by atoms with E-state index in [9.17, 15) is 4.79 Å². The van der Waals surface area contributed by atoms with Gasteiger partial charge >= 0.3 is 0 Å². The summed E-state index contributed by atoms with van der Waals surface area (Å²) in [4.78, 5) is 14.4. The number of hydrogen-bond acceptors (Lipinski definition) is 3. The smallest absolute Gasteiger partial charge is 0.222 e. The molecule has 1 aromatic heterocycles. The summed E-state index contributed by atoms with van der Waals surface area (Å²) in [7, 11) is 0. The Kier molecular flexibility index (Phi) is 4.07. The van der Waals surface area contributed by atoms with Crippen LogP contribution in [0.15, 0.2) is 6.07 Å². The van der Waals surface area contributed by atoms with Crippen LogP contribution in [0.3, 0.4) is 0 Å². The van der Waals surface area contributed by atoms with Gasteiger partial charge in [-0.2, -0.15) is 0 Å². The Morgan fingerprint density at radius 1 is 1.44 bits per heavy atom. The molecule has 0 unspecified atom stereocenters. The van der Waals surface area contributed by atoms with E-state index in [-0.39, 0.29) is 11.4 Å². The number of carbonyl (C=O) groups excluding carboxylic acids is 1. The van der Waals surface area contributed by atoms with Gasteiger partial charge in [0.15, 0.2) is 0 Å². The van der Waals surface area contributed by atoms with E-state index >= 15 is 0 Å². The van der Waals surface area contributed by atoms with E-state index < -0.39 is 0 Å². The molecule has 100 valence electrons. The lowest BCUT2D eigenvalue weighted by atomic mass is 9.94. The summed E-state index contributed by atoms with van der Waals surface area (Å²) < 4.78 is 0. The van der Waals surface area contributed by atoms with Crippen LogP contribution in [-0.2, 0) is 11.3 Å². The minimum atomic E-state index is -0.245. The molecule has 1 aliphatic rings. The molecule has 1 amide bonds. The van der Waals surface area contributed by atoms with Crippen molar-refractivity contribution in [3.63, 3.8) is 0 Å². The van der Waals surface area contributed by atoms with Crippen LogP contribution in [0, 0.1) is 13.8 Å². The van der Waals surface area contributed by atoms with Crippen molar-refractivity contribution in [3.8, 4) is 0 Å². The topological polar surface area (TPSA) is 55.1 Å². The summed E-state index contributed by atoms with van der Waals surface area (Å²) in [6, 6.07) is 2.15. The Hall–Kier alpha value is -0.870. The van der Waals surface area contributed by atoms with Crippen molar-refractivity contribution in [2.75, 3.05) is 0 Å². The fraction of sp³-hybridized carbons (Fsp3) is 0.643. The van der Waals surface area contributed by atoms with Gasteiger partial charge in [-0.1, -0.05) is 12.8 Å². The average molecular weight is 266 g/mol. The highest BCUT2D eigenvalue weighted by molar-refractivity contribution is 7.12. The van der Waals surface area contributed by atoms with E-state index in [4.69, 9.17) is 5.73 Å². The molecule has 1 fully saturated rings. The second kappa shape index (κ2) is 5.41. The minimum absolute atomic E-state index is 0.0862. The van der Waals surface area contributed by atoms with E-state index in [1.165, 1.54) is 15.3 Å². The molecule has 0 atom stereocenters. The average Bonchev–Trinajstić information content (AvgIpc) is 2.84. The molecular weight excluding hydrogens is 244 g/mol. The van der Waals surface area contributed by atoms with Crippen LogP contribution >= 0.6 is 11.3 Å². The number of amides is 1. The van der Waals surface area contributed by atoms with Crippen molar-refractivity contribution in [2.24, 2.45) is 5.73 Å². The van der Waals surface area contributed by atoms with Crippen molar-refractivity contribution >= 4 is 17.2 Å². The van der Waals surface area contributed by atoms with Crippen molar-refractivity contribution < 1.29 is 4.79 Å². The SMILES string of the molecule is Cc1cc(CNC(=O)CC2(N)CCCC2)sc1C. The summed E-state index contributed by atoms with van der Waals surface area (Å²) in [6.45, 7) is 4.84. The monoisotopic (exact) mass is 266 g/mol. The summed E-state index contributed by atoms with van der Waals surface area (Å²) in [5, 5.41) is 2.98. The Morgan fingerprint density at radius 2 is 2.11 bits per heavy atom. The largest absolute Gasteiger partial charge is 0.351 e. The van der Waals surface area contributed by atoms with E-state index in [1.807, 2.05) is 0 Å². The molecule has 1 saturated carbocycles. The lowest BCUT2D eigenvalue weighted by Gasteiger charge is -2.22. The summed E-state index contributed by atoms with van der Waals surface area (Å²) in [5.41, 5.74) is 7.26. The molecular formula is C14H22N2OS. The van der Waals surface area contributed by atoms with Crippen LogP contribution < -0.4 is 11.1 Å². The van der Waals surface area contributed by atoms with Gasteiger partial charge in [0.05, 0.1) is 6.54 Å². The lowest BCUT2D eigenvalue weighted by molar-refractivity contribution is -0.122. The van der Waals surface area contributed by atoms with Crippen LogP contribution in [0.1, 0.15) is 47.4 Å². The number of aryl methyl sites for hydroxylation is 2. The van der Waals surface area contributed by atoms with E-state index in [0.717, 1.165) is 25.7 Å². The molecule has 0 saturated heterocycles. The minimum Gasteiger partial charge on any atom is -0.351 e. The molecule has 4 heteroatoms. The van der Waals surface area contributed by atoms with Crippen LogP contribution in [0.4, 0.5) is 0 Å². The molecule has 0 bridgehead atoms. The standard InChI is InChI=1S/C14H22N2OS/c1-10-7-12(18-11(10)2)9-16-13(17)8-14(15)5-3-4-6-14/h7H,3-6,8-9,15H2,1-2H3,(H,16,17). The molecule has 18 heavy (non-hydrogen) atoms. The number of thiophene rings is 1. The van der Waals surface area contributed by atoms with Gasteiger partial charge in [-0.3, -0.25) is 4.79 Å². The number of hydrogen-bond donors (Lipinski definition) is 2. The lowest BCUT2D eigenvalue weighted by Crippen LogP contribution is -2.41. The second-order valence-electron chi connectivity index (χ2n) is 5.47. The van der Waals surface area contributed by atoms with Crippen molar-refractivity contribution in [3.05, 3.63) is 21.4 Å².